The van der Waals surface area contributed by atoms with E-state index in [0.29, 0.717) is 19.5 Å². The molecule has 1 aromatic rings. The SMILES string of the molecule is COc1ccccc1N1CCN(CCCN2C(=O)CC(CNCC3CC3)C2=O)CC1.Cl. The lowest BCUT2D eigenvalue weighted by Crippen LogP contribution is -2.47. The topological polar surface area (TPSA) is 65.1 Å². The van der Waals surface area contributed by atoms with Crippen molar-refractivity contribution in [1.82, 2.24) is 15.1 Å². The van der Waals surface area contributed by atoms with E-state index in [2.05, 4.69) is 21.2 Å². The molecule has 2 amide bonds. The number of hydrogen-bond donors (Lipinski definition) is 1. The van der Waals surface area contributed by atoms with E-state index in [4.69, 9.17) is 4.74 Å². The van der Waals surface area contributed by atoms with E-state index in [1.807, 2.05) is 18.2 Å². The summed E-state index contributed by atoms with van der Waals surface area (Å²) in [6, 6.07) is 8.14. The van der Waals surface area contributed by atoms with Crippen molar-refractivity contribution in [1.29, 1.82) is 0 Å². The van der Waals surface area contributed by atoms with Crippen molar-refractivity contribution in [3.63, 3.8) is 0 Å². The predicted octanol–water partition coefficient (Wildman–Crippen LogP) is 2.00. The summed E-state index contributed by atoms with van der Waals surface area (Å²) in [5, 5.41) is 3.37. The summed E-state index contributed by atoms with van der Waals surface area (Å²) < 4.78 is 5.49. The van der Waals surface area contributed by atoms with Gasteiger partial charge in [0.1, 0.15) is 5.75 Å². The smallest absolute Gasteiger partial charge is 0.234 e. The zero-order valence-electron chi connectivity index (χ0n) is 18.4. The molecule has 2 heterocycles. The van der Waals surface area contributed by atoms with Gasteiger partial charge >= 0.3 is 0 Å². The number of amides is 2. The van der Waals surface area contributed by atoms with Gasteiger partial charge in [0.2, 0.25) is 11.8 Å². The Morgan fingerprint density at radius 3 is 2.48 bits per heavy atom. The van der Waals surface area contributed by atoms with Gasteiger partial charge < -0.3 is 15.0 Å². The van der Waals surface area contributed by atoms with Gasteiger partial charge in [-0.1, -0.05) is 12.1 Å². The maximum Gasteiger partial charge on any atom is 0.234 e. The second kappa shape index (κ2) is 11.2. The lowest BCUT2D eigenvalue weighted by Gasteiger charge is -2.36. The van der Waals surface area contributed by atoms with Gasteiger partial charge in [-0.3, -0.25) is 19.4 Å². The van der Waals surface area contributed by atoms with Crippen LogP contribution in [0.1, 0.15) is 25.7 Å². The van der Waals surface area contributed by atoms with Gasteiger partial charge in [0, 0.05) is 45.7 Å². The van der Waals surface area contributed by atoms with E-state index in [1.54, 1.807) is 7.11 Å². The molecule has 0 spiro atoms. The van der Waals surface area contributed by atoms with Crippen LogP contribution >= 0.6 is 12.4 Å². The minimum Gasteiger partial charge on any atom is -0.495 e. The first-order valence-corrected chi connectivity index (χ1v) is 11.3. The highest BCUT2D eigenvalue weighted by Gasteiger charge is 2.38. The van der Waals surface area contributed by atoms with Gasteiger partial charge in [-0.15, -0.1) is 12.4 Å². The third kappa shape index (κ3) is 6.11. The number of nitrogens with zero attached hydrogens (tertiary/aromatic N) is 3. The number of nitrogens with one attached hydrogen (secondary N) is 1. The Kier molecular flexibility index (Phi) is 8.58. The number of para-hydroxylation sites is 2. The van der Waals surface area contributed by atoms with E-state index >= 15 is 0 Å². The van der Waals surface area contributed by atoms with E-state index in [0.717, 1.165) is 63.0 Å². The molecule has 1 N–H and O–H groups in total. The van der Waals surface area contributed by atoms with Gasteiger partial charge in [-0.05, 0) is 50.4 Å². The first-order chi connectivity index (χ1) is 14.7. The quantitative estimate of drug-likeness (QED) is 0.550. The van der Waals surface area contributed by atoms with Crippen molar-refractivity contribution in [2.75, 3.05) is 64.4 Å². The first-order valence-electron chi connectivity index (χ1n) is 11.3. The Labute approximate surface area is 191 Å². The predicted molar refractivity (Wildman–Crippen MR) is 124 cm³/mol. The molecule has 1 saturated carbocycles. The highest BCUT2D eigenvalue weighted by Crippen LogP contribution is 2.29. The highest BCUT2D eigenvalue weighted by atomic mass is 35.5. The molecule has 2 saturated heterocycles. The highest BCUT2D eigenvalue weighted by molar-refractivity contribution is 6.03. The Balaban J connectivity index is 0.00000272. The van der Waals surface area contributed by atoms with Crippen molar-refractivity contribution < 1.29 is 14.3 Å². The van der Waals surface area contributed by atoms with Gasteiger partial charge in [0.25, 0.3) is 0 Å². The minimum atomic E-state index is -0.166. The fourth-order valence-corrected chi connectivity index (χ4v) is 4.49. The van der Waals surface area contributed by atoms with E-state index < -0.39 is 0 Å². The van der Waals surface area contributed by atoms with Crippen LogP contribution in [-0.4, -0.2) is 81.1 Å². The number of rotatable bonds is 10. The Hall–Kier alpha value is -1.83. The Morgan fingerprint density at radius 1 is 1.03 bits per heavy atom. The molecule has 0 radical (unpaired) electrons. The van der Waals surface area contributed by atoms with Crippen molar-refractivity contribution >= 4 is 29.9 Å². The van der Waals surface area contributed by atoms with Crippen molar-refractivity contribution in [3.05, 3.63) is 24.3 Å². The number of carbonyl (C=O) groups is 2. The number of piperazine rings is 1. The van der Waals surface area contributed by atoms with Gasteiger partial charge in [0.15, 0.2) is 0 Å². The molecule has 3 fully saturated rings. The molecule has 1 aromatic carbocycles. The molecule has 2 aliphatic heterocycles. The molecule has 172 valence electrons. The molecular weight excluding hydrogens is 416 g/mol. The number of imide groups is 1. The lowest BCUT2D eigenvalue weighted by atomic mass is 10.1. The van der Waals surface area contributed by atoms with Gasteiger partial charge in [0.05, 0.1) is 18.7 Å². The molecule has 0 aromatic heterocycles. The molecule has 3 aliphatic rings. The zero-order valence-corrected chi connectivity index (χ0v) is 19.2. The number of hydrogen-bond acceptors (Lipinski definition) is 6. The van der Waals surface area contributed by atoms with Crippen LogP contribution in [0.3, 0.4) is 0 Å². The number of anilines is 1. The Bertz CT molecular complexity index is 750. The third-order valence-electron chi connectivity index (χ3n) is 6.51. The van der Waals surface area contributed by atoms with Crippen molar-refractivity contribution in [2.24, 2.45) is 11.8 Å². The number of ether oxygens (including phenoxy) is 1. The fourth-order valence-electron chi connectivity index (χ4n) is 4.49. The Morgan fingerprint density at radius 2 is 1.77 bits per heavy atom. The summed E-state index contributed by atoms with van der Waals surface area (Å²) in [7, 11) is 1.71. The number of methoxy groups -OCH3 is 1. The van der Waals surface area contributed by atoms with Crippen LogP contribution < -0.4 is 15.0 Å². The first kappa shape index (κ1) is 23.8. The van der Waals surface area contributed by atoms with Crippen LogP contribution in [0.2, 0.25) is 0 Å². The molecule has 1 unspecified atom stereocenters. The zero-order chi connectivity index (χ0) is 20.9. The number of likely N-dealkylation sites (tertiary alicyclic amines) is 1. The third-order valence-corrected chi connectivity index (χ3v) is 6.51. The molecule has 1 atom stereocenters. The molecular formula is C23H35ClN4O3. The molecule has 8 heteroatoms. The maximum absolute atomic E-state index is 12.6. The maximum atomic E-state index is 12.6. The molecule has 1 aliphatic carbocycles. The normalized spacial score (nSPS) is 22.0. The number of halogens is 1. The standard InChI is InChI=1S/C23H34N4O3.ClH/c1-30-21-6-3-2-5-20(21)26-13-11-25(12-14-26)9-4-10-27-22(28)15-19(23(27)29)17-24-16-18-7-8-18;/h2-3,5-6,18-19,24H,4,7-17H2,1H3;1H. The molecule has 7 nitrogen and oxygen atoms in total. The van der Waals surface area contributed by atoms with Crippen LogP contribution in [0.25, 0.3) is 0 Å². The van der Waals surface area contributed by atoms with Crippen LogP contribution in [0.15, 0.2) is 24.3 Å². The van der Waals surface area contributed by atoms with Crippen LogP contribution in [0, 0.1) is 11.8 Å². The summed E-state index contributed by atoms with van der Waals surface area (Å²) in [6.45, 7) is 6.96. The van der Waals surface area contributed by atoms with E-state index in [-0.39, 0.29) is 30.1 Å². The summed E-state index contributed by atoms with van der Waals surface area (Å²) in [5.74, 6) is 1.55. The summed E-state index contributed by atoms with van der Waals surface area (Å²) >= 11 is 0. The van der Waals surface area contributed by atoms with Crippen LogP contribution in [0.4, 0.5) is 5.69 Å². The van der Waals surface area contributed by atoms with Crippen molar-refractivity contribution in [2.45, 2.75) is 25.7 Å². The van der Waals surface area contributed by atoms with Crippen LogP contribution in [0.5, 0.6) is 5.75 Å². The van der Waals surface area contributed by atoms with Crippen molar-refractivity contribution in [3.8, 4) is 5.75 Å². The molecule has 31 heavy (non-hydrogen) atoms. The lowest BCUT2D eigenvalue weighted by molar-refractivity contribution is -0.139. The minimum absolute atomic E-state index is 0. The summed E-state index contributed by atoms with van der Waals surface area (Å²) in [6.07, 6.45) is 3.80. The molecule has 0 bridgehead atoms. The van der Waals surface area contributed by atoms with Crippen LogP contribution in [-0.2, 0) is 9.59 Å². The second-order valence-electron chi connectivity index (χ2n) is 8.74. The van der Waals surface area contributed by atoms with E-state index in [1.165, 1.54) is 17.7 Å². The summed E-state index contributed by atoms with van der Waals surface area (Å²) in [5.41, 5.74) is 1.15. The molecule has 4 rings (SSSR count). The van der Waals surface area contributed by atoms with Gasteiger partial charge in [-0.2, -0.15) is 0 Å². The monoisotopic (exact) mass is 450 g/mol. The fraction of sp³-hybridized carbons (Fsp3) is 0.652. The summed E-state index contributed by atoms with van der Waals surface area (Å²) in [4.78, 5) is 31.2. The number of carbonyl (C=O) groups excluding carboxylic acids is 2. The average molecular weight is 451 g/mol. The largest absolute Gasteiger partial charge is 0.495 e. The van der Waals surface area contributed by atoms with Gasteiger partial charge in [-0.25, -0.2) is 0 Å². The number of benzene rings is 1. The second-order valence-corrected chi connectivity index (χ2v) is 8.74. The van der Waals surface area contributed by atoms with E-state index in [9.17, 15) is 9.59 Å². The average Bonchev–Trinajstić information content (AvgIpc) is 3.56.